The average molecular weight is 253 g/mol. The quantitative estimate of drug-likeness (QED) is 0.799. The van der Waals surface area contributed by atoms with Crippen molar-refractivity contribution in [3.8, 4) is 6.07 Å². The molecule has 0 radical (unpaired) electrons. The Labute approximate surface area is 112 Å². The lowest BCUT2D eigenvalue weighted by Gasteiger charge is -2.07. The molecule has 2 rings (SSSR count). The van der Waals surface area contributed by atoms with Crippen LogP contribution in [-0.2, 0) is 6.42 Å². The number of aryl methyl sites for hydroxylation is 2. The third-order valence-electron chi connectivity index (χ3n) is 2.86. The van der Waals surface area contributed by atoms with Gasteiger partial charge in [0.1, 0.15) is 0 Å². The molecule has 0 saturated heterocycles. The molecule has 0 bridgehead atoms. The summed E-state index contributed by atoms with van der Waals surface area (Å²) in [5.74, 6) is 0. The largest absolute Gasteiger partial charge is 0.192 e. The summed E-state index contributed by atoms with van der Waals surface area (Å²) in [4.78, 5) is 2.44. The van der Waals surface area contributed by atoms with Crippen molar-refractivity contribution in [1.29, 1.82) is 5.26 Å². The van der Waals surface area contributed by atoms with Gasteiger partial charge in [0.15, 0.2) is 0 Å². The van der Waals surface area contributed by atoms with Gasteiger partial charge in [-0.3, -0.25) is 0 Å². The first-order valence-corrected chi connectivity index (χ1v) is 6.82. The van der Waals surface area contributed by atoms with E-state index in [1.165, 1.54) is 20.9 Å². The van der Waals surface area contributed by atoms with Crippen molar-refractivity contribution in [3.63, 3.8) is 0 Å². The molecule has 0 unspecified atom stereocenters. The summed E-state index contributed by atoms with van der Waals surface area (Å²) >= 11 is 1.74. The highest BCUT2D eigenvalue weighted by Gasteiger charge is 2.02. The molecule has 90 valence electrons. The molecular weight excluding hydrogens is 238 g/mol. The van der Waals surface area contributed by atoms with E-state index < -0.39 is 0 Å². The Morgan fingerprint density at radius 2 is 1.83 bits per heavy atom. The minimum absolute atomic E-state index is 0.706. The van der Waals surface area contributed by atoms with Crippen LogP contribution >= 0.6 is 11.8 Å². The third kappa shape index (κ3) is 2.94. The van der Waals surface area contributed by atoms with Crippen LogP contribution in [0.5, 0.6) is 0 Å². The molecule has 0 fully saturated rings. The molecule has 0 heterocycles. The van der Waals surface area contributed by atoms with Crippen molar-refractivity contribution >= 4 is 11.8 Å². The van der Waals surface area contributed by atoms with Crippen LogP contribution in [0.15, 0.2) is 52.3 Å². The fourth-order valence-corrected chi connectivity index (χ4v) is 2.65. The normalized spacial score (nSPS) is 10.1. The van der Waals surface area contributed by atoms with Crippen LogP contribution in [0, 0.1) is 18.3 Å². The molecule has 2 aromatic carbocycles. The summed E-state index contributed by atoms with van der Waals surface area (Å²) in [6.07, 6.45) is 1.07. The monoisotopic (exact) mass is 253 g/mol. The third-order valence-corrected chi connectivity index (χ3v) is 4.04. The summed E-state index contributed by atoms with van der Waals surface area (Å²) < 4.78 is 0. The summed E-state index contributed by atoms with van der Waals surface area (Å²) in [7, 11) is 0. The minimum atomic E-state index is 0.706. The Kier molecular flexibility index (Phi) is 4.07. The highest BCUT2D eigenvalue weighted by atomic mass is 32.2. The van der Waals surface area contributed by atoms with Gasteiger partial charge in [0, 0.05) is 9.79 Å². The molecule has 0 saturated carbocycles. The van der Waals surface area contributed by atoms with E-state index in [9.17, 15) is 0 Å². The molecule has 0 amide bonds. The molecule has 0 aliphatic rings. The molecule has 2 heteroatoms. The number of hydrogen-bond acceptors (Lipinski definition) is 2. The zero-order chi connectivity index (χ0) is 13.0. The number of nitrogens with zero attached hydrogens (tertiary/aromatic N) is 1. The lowest BCUT2D eigenvalue weighted by molar-refractivity contribution is 1.11. The fourth-order valence-electron chi connectivity index (χ4n) is 1.77. The summed E-state index contributed by atoms with van der Waals surface area (Å²) in [5, 5.41) is 8.76. The van der Waals surface area contributed by atoms with Gasteiger partial charge in [0.2, 0.25) is 0 Å². The number of hydrogen-bond donors (Lipinski definition) is 0. The lowest BCUT2D eigenvalue weighted by atomic mass is 10.1. The van der Waals surface area contributed by atoms with Gasteiger partial charge in [0.25, 0.3) is 0 Å². The van der Waals surface area contributed by atoms with E-state index in [4.69, 9.17) is 5.26 Å². The molecule has 0 aliphatic carbocycles. The van der Waals surface area contributed by atoms with E-state index in [2.05, 4.69) is 38.1 Å². The van der Waals surface area contributed by atoms with E-state index in [1.807, 2.05) is 24.3 Å². The van der Waals surface area contributed by atoms with E-state index in [0.717, 1.165) is 6.42 Å². The highest BCUT2D eigenvalue weighted by molar-refractivity contribution is 7.99. The fraction of sp³-hybridized carbons (Fsp3) is 0.188. The SMILES string of the molecule is CCc1ccc(Sc2ccc(C#N)cc2)c(C)c1. The molecule has 0 N–H and O–H groups in total. The van der Waals surface area contributed by atoms with Gasteiger partial charge < -0.3 is 0 Å². The second-order valence-electron chi connectivity index (χ2n) is 4.19. The summed E-state index contributed by atoms with van der Waals surface area (Å²) in [6.45, 7) is 4.31. The standard InChI is InChI=1S/C16H15NS/c1-3-13-6-9-16(12(2)10-13)18-15-7-4-14(11-17)5-8-15/h4-10H,3H2,1-2H3. The zero-order valence-corrected chi connectivity index (χ0v) is 11.4. The zero-order valence-electron chi connectivity index (χ0n) is 10.6. The van der Waals surface area contributed by atoms with Crippen molar-refractivity contribution in [2.45, 2.75) is 30.1 Å². The van der Waals surface area contributed by atoms with Crippen molar-refractivity contribution in [2.75, 3.05) is 0 Å². The van der Waals surface area contributed by atoms with E-state index in [1.54, 1.807) is 11.8 Å². The van der Waals surface area contributed by atoms with E-state index >= 15 is 0 Å². The summed E-state index contributed by atoms with van der Waals surface area (Å²) in [6, 6.07) is 16.4. The van der Waals surface area contributed by atoms with Crippen molar-refractivity contribution < 1.29 is 0 Å². The predicted molar refractivity (Wildman–Crippen MR) is 75.8 cm³/mol. The van der Waals surface area contributed by atoms with Crippen LogP contribution in [0.2, 0.25) is 0 Å². The molecule has 18 heavy (non-hydrogen) atoms. The first-order chi connectivity index (χ1) is 8.72. The van der Waals surface area contributed by atoms with Crippen molar-refractivity contribution in [1.82, 2.24) is 0 Å². The smallest absolute Gasteiger partial charge is 0.0991 e. The topological polar surface area (TPSA) is 23.8 Å². The van der Waals surface area contributed by atoms with Crippen LogP contribution < -0.4 is 0 Å². The van der Waals surface area contributed by atoms with Crippen LogP contribution in [0.3, 0.4) is 0 Å². The second-order valence-corrected chi connectivity index (χ2v) is 5.31. The lowest BCUT2D eigenvalue weighted by Crippen LogP contribution is -1.85. The maximum Gasteiger partial charge on any atom is 0.0991 e. The minimum Gasteiger partial charge on any atom is -0.192 e. The number of nitriles is 1. The molecule has 0 atom stereocenters. The van der Waals surface area contributed by atoms with Crippen molar-refractivity contribution in [2.24, 2.45) is 0 Å². The van der Waals surface area contributed by atoms with Crippen LogP contribution in [0.4, 0.5) is 0 Å². The van der Waals surface area contributed by atoms with E-state index in [0.29, 0.717) is 5.56 Å². The Morgan fingerprint density at radius 3 is 2.39 bits per heavy atom. The van der Waals surface area contributed by atoms with Gasteiger partial charge in [-0.1, -0.05) is 30.8 Å². The van der Waals surface area contributed by atoms with Gasteiger partial charge >= 0.3 is 0 Å². The number of benzene rings is 2. The molecule has 0 spiro atoms. The maximum absolute atomic E-state index is 8.76. The summed E-state index contributed by atoms with van der Waals surface area (Å²) in [5.41, 5.74) is 3.39. The average Bonchev–Trinajstić information content (AvgIpc) is 2.42. The predicted octanol–water partition coefficient (Wildman–Crippen LogP) is 4.58. The number of rotatable bonds is 3. The Balaban J connectivity index is 2.20. The van der Waals surface area contributed by atoms with Gasteiger partial charge in [-0.25, -0.2) is 0 Å². The highest BCUT2D eigenvalue weighted by Crippen LogP contribution is 2.30. The molecular formula is C16H15NS. The first kappa shape index (κ1) is 12.7. The molecule has 2 aromatic rings. The first-order valence-electron chi connectivity index (χ1n) is 6.00. The van der Waals surface area contributed by atoms with Gasteiger partial charge in [-0.15, -0.1) is 0 Å². The Hall–Kier alpha value is -1.72. The molecule has 0 aromatic heterocycles. The van der Waals surface area contributed by atoms with Crippen LogP contribution in [0.25, 0.3) is 0 Å². The van der Waals surface area contributed by atoms with Gasteiger partial charge in [-0.2, -0.15) is 5.26 Å². The molecule has 1 nitrogen and oxygen atoms in total. The Bertz CT molecular complexity index is 579. The van der Waals surface area contributed by atoms with Gasteiger partial charge in [0.05, 0.1) is 11.6 Å². The van der Waals surface area contributed by atoms with Crippen molar-refractivity contribution in [3.05, 3.63) is 59.2 Å². The van der Waals surface area contributed by atoms with E-state index in [-0.39, 0.29) is 0 Å². The maximum atomic E-state index is 8.76. The van der Waals surface area contributed by atoms with Gasteiger partial charge in [-0.05, 0) is 54.8 Å². The Morgan fingerprint density at radius 1 is 1.11 bits per heavy atom. The van der Waals surface area contributed by atoms with Crippen LogP contribution in [-0.4, -0.2) is 0 Å². The molecule has 0 aliphatic heterocycles. The second kappa shape index (κ2) is 5.75. The van der Waals surface area contributed by atoms with Crippen LogP contribution in [0.1, 0.15) is 23.6 Å².